The largest absolute Gasteiger partial charge is 0.507 e. The van der Waals surface area contributed by atoms with Crippen LogP contribution in [0.15, 0.2) is 47.4 Å². The molecule has 0 spiro atoms. The molecule has 2 aromatic carbocycles. The average molecular weight is 529 g/mol. The first-order chi connectivity index (χ1) is 17.4. The molecule has 2 amide bonds. The van der Waals surface area contributed by atoms with Crippen molar-refractivity contribution >= 4 is 35.6 Å². The van der Waals surface area contributed by atoms with Gasteiger partial charge in [0.05, 0.1) is 0 Å². The molecule has 0 radical (unpaired) electrons. The molecule has 1 aliphatic rings. The first-order valence-corrected chi connectivity index (χ1v) is 13.3. The highest BCUT2D eigenvalue weighted by Crippen LogP contribution is 2.31. The molecule has 0 atom stereocenters. The fraction of sp³-hybridized carbons (Fsp3) is 0.464. The van der Waals surface area contributed by atoms with Gasteiger partial charge in [-0.1, -0.05) is 37.0 Å². The fourth-order valence-electron chi connectivity index (χ4n) is 4.23. The highest BCUT2D eigenvalue weighted by atomic mass is 32.2. The number of carbonyl (C=O) groups is 3. The number of anilines is 1. The van der Waals surface area contributed by atoms with E-state index in [-0.39, 0.29) is 23.9 Å². The van der Waals surface area contributed by atoms with Gasteiger partial charge in [-0.2, -0.15) is 0 Å². The minimum Gasteiger partial charge on any atom is -0.507 e. The van der Waals surface area contributed by atoms with Crippen LogP contribution in [-0.4, -0.2) is 51.2 Å². The van der Waals surface area contributed by atoms with E-state index >= 15 is 0 Å². The molecule has 1 fully saturated rings. The molecule has 3 rings (SSSR count). The van der Waals surface area contributed by atoms with Gasteiger partial charge in [0.1, 0.15) is 23.5 Å². The van der Waals surface area contributed by atoms with Crippen LogP contribution in [0.1, 0.15) is 68.8 Å². The number of rotatable bonds is 8. The predicted octanol–water partition coefficient (Wildman–Crippen LogP) is 6.26. The lowest BCUT2D eigenvalue weighted by Crippen LogP contribution is -2.44. The van der Waals surface area contributed by atoms with Crippen LogP contribution in [0.25, 0.3) is 0 Å². The van der Waals surface area contributed by atoms with Crippen molar-refractivity contribution in [3.8, 4) is 5.75 Å². The molecule has 2 N–H and O–H groups in total. The van der Waals surface area contributed by atoms with Gasteiger partial charge in [-0.3, -0.25) is 4.79 Å². The summed E-state index contributed by atoms with van der Waals surface area (Å²) in [6.45, 7) is 7.43. The Labute approximate surface area is 222 Å². The van der Waals surface area contributed by atoms with Crippen LogP contribution in [0.5, 0.6) is 5.75 Å². The molecule has 0 aliphatic heterocycles. The summed E-state index contributed by atoms with van der Waals surface area (Å²) in [6, 6.07) is 11.7. The Bertz CT molecular complexity index is 1110. The Hall–Kier alpha value is -3.20. The second-order valence-electron chi connectivity index (χ2n) is 10.4. The van der Waals surface area contributed by atoms with Crippen LogP contribution in [-0.2, 0) is 9.53 Å². The zero-order valence-electron chi connectivity index (χ0n) is 21.9. The number of carboxylic acid groups (broad SMARTS) is 1. The lowest BCUT2D eigenvalue weighted by atomic mass is 9.89. The van der Waals surface area contributed by atoms with Crippen LogP contribution < -0.4 is 4.90 Å². The van der Waals surface area contributed by atoms with Gasteiger partial charge in [0.25, 0.3) is 0 Å². The SMILES string of the molecule is Cc1ccc(SN(CC(=O)N(CC2CCCCC2)c2ccc(C(=O)O)c(O)c2)C(=O)OC(C)(C)C)cc1. The van der Waals surface area contributed by atoms with Crippen molar-refractivity contribution < 1.29 is 29.3 Å². The van der Waals surface area contributed by atoms with Crippen LogP contribution in [0.2, 0.25) is 0 Å². The molecule has 0 aromatic heterocycles. The number of hydrogen-bond donors (Lipinski definition) is 2. The third kappa shape index (κ3) is 8.42. The Morgan fingerprint density at radius 2 is 1.68 bits per heavy atom. The Balaban J connectivity index is 1.90. The number of carbonyl (C=O) groups excluding carboxylic acids is 2. The van der Waals surface area contributed by atoms with Crippen molar-refractivity contribution in [1.29, 1.82) is 0 Å². The topological polar surface area (TPSA) is 107 Å². The number of aromatic hydroxyl groups is 1. The summed E-state index contributed by atoms with van der Waals surface area (Å²) in [7, 11) is 0. The zero-order valence-corrected chi connectivity index (χ0v) is 22.7. The lowest BCUT2D eigenvalue weighted by molar-refractivity contribution is -0.119. The van der Waals surface area contributed by atoms with Gasteiger partial charge < -0.3 is 19.8 Å². The van der Waals surface area contributed by atoms with Crippen molar-refractivity contribution in [2.24, 2.45) is 5.92 Å². The molecule has 0 unspecified atom stereocenters. The number of hydrogen-bond acceptors (Lipinski definition) is 6. The fourth-order valence-corrected chi connectivity index (χ4v) is 5.03. The van der Waals surface area contributed by atoms with Gasteiger partial charge in [-0.05, 0) is 82.7 Å². The van der Waals surface area contributed by atoms with Crippen LogP contribution in [0.3, 0.4) is 0 Å². The Kier molecular flexibility index (Phi) is 9.48. The van der Waals surface area contributed by atoms with Crippen molar-refractivity contribution in [2.75, 3.05) is 18.0 Å². The van der Waals surface area contributed by atoms with E-state index in [0.29, 0.717) is 12.2 Å². The third-order valence-electron chi connectivity index (χ3n) is 6.10. The molecule has 2 aromatic rings. The standard InChI is InChI=1S/C28H36N2O6S/c1-19-10-13-22(14-11-19)37-30(27(35)36-28(2,3)4)18-25(32)29(17-20-8-6-5-7-9-20)21-12-15-23(26(33)34)24(31)16-21/h10-16,20,31H,5-9,17-18H2,1-4H3,(H,33,34). The van der Waals surface area contributed by atoms with Crippen molar-refractivity contribution in [3.05, 3.63) is 53.6 Å². The van der Waals surface area contributed by atoms with E-state index < -0.39 is 23.4 Å². The Morgan fingerprint density at radius 3 is 2.24 bits per heavy atom. The number of aromatic carboxylic acids is 1. The van der Waals surface area contributed by atoms with Gasteiger partial charge in [-0.25, -0.2) is 13.9 Å². The second-order valence-corrected chi connectivity index (χ2v) is 11.5. The normalized spacial score (nSPS) is 14.2. The van der Waals surface area contributed by atoms with E-state index in [1.165, 1.54) is 22.5 Å². The van der Waals surface area contributed by atoms with E-state index in [0.717, 1.165) is 54.5 Å². The predicted molar refractivity (Wildman–Crippen MR) is 144 cm³/mol. The summed E-state index contributed by atoms with van der Waals surface area (Å²) in [5.74, 6) is -1.73. The maximum absolute atomic E-state index is 13.7. The molecule has 0 heterocycles. The number of benzene rings is 2. The summed E-state index contributed by atoms with van der Waals surface area (Å²) in [6.07, 6.45) is 4.67. The molecule has 8 nitrogen and oxygen atoms in total. The van der Waals surface area contributed by atoms with Crippen molar-refractivity contribution in [1.82, 2.24) is 4.31 Å². The minimum absolute atomic E-state index is 0.237. The van der Waals surface area contributed by atoms with Crippen molar-refractivity contribution in [3.63, 3.8) is 0 Å². The number of amides is 2. The van der Waals surface area contributed by atoms with Crippen LogP contribution >= 0.6 is 11.9 Å². The molecule has 1 saturated carbocycles. The van der Waals surface area contributed by atoms with Crippen LogP contribution in [0.4, 0.5) is 10.5 Å². The van der Waals surface area contributed by atoms with Crippen molar-refractivity contribution in [2.45, 2.75) is 70.3 Å². The number of phenols is 1. The van der Waals surface area contributed by atoms with Gasteiger partial charge in [0, 0.05) is 23.2 Å². The summed E-state index contributed by atoms with van der Waals surface area (Å²) < 4.78 is 6.89. The maximum atomic E-state index is 13.7. The van der Waals surface area contributed by atoms with Gasteiger partial charge in [-0.15, -0.1) is 0 Å². The summed E-state index contributed by atoms with van der Waals surface area (Å²) in [4.78, 5) is 40.5. The average Bonchev–Trinajstić information content (AvgIpc) is 2.82. The molecule has 0 saturated heterocycles. The summed E-state index contributed by atoms with van der Waals surface area (Å²) in [5, 5.41) is 19.6. The summed E-state index contributed by atoms with van der Waals surface area (Å²) >= 11 is 1.13. The van der Waals surface area contributed by atoms with Crippen LogP contribution in [0, 0.1) is 12.8 Å². The van der Waals surface area contributed by atoms with Gasteiger partial charge >= 0.3 is 12.1 Å². The zero-order chi connectivity index (χ0) is 27.2. The number of aryl methyl sites for hydroxylation is 1. The number of carboxylic acids is 1. The number of ether oxygens (including phenoxy) is 1. The second kappa shape index (κ2) is 12.4. The molecule has 9 heteroatoms. The quantitative estimate of drug-likeness (QED) is 0.390. The monoisotopic (exact) mass is 528 g/mol. The molecule has 0 bridgehead atoms. The first-order valence-electron chi connectivity index (χ1n) is 12.5. The third-order valence-corrected chi connectivity index (χ3v) is 7.08. The maximum Gasteiger partial charge on any atom is 0.421 e. The lowest BCUT2D eigenvalue weighted by Gasteiger charge is -2.32. The minimum atomic E-state index is -1.25. The first kappa shape index (κ1) is 28.4. The van der Waals surface area contributed by atoms with E-state index in [4.69, 9.17) is 4.74 Å². The molecule has 37 heavy (non-hydrogen) atoms. The smallest absolute Gasteiger partial charge is 0.421 e. The highest BCUT2D eigenvalue weighted by Gasteiger charge is 2.30. The number of nitrogens with zero attached hydrogens (tertiary/aromatic N) is 2. The summed E-state index contributed by atoms with van der Waals surface area (Å²) in [5.41, 5.74) is 0.487. The molecule has 200 valence electrons. The van der Waals surface area contributed by atoms with Gasteiger partial charge in [0.15, 0.2) is 0 Å². The van der Waals surface area contributed by atoms with E-state index in [1.807, 2.05) is 31.2 Å². The van der Waals surface area contributed by atoms with Gasteiger partial charge in [0.2, 0.25) is 5.91 Å². The Morgan fingerprint density at radius 1 is 1.03 bits per heavy atom. The van der Waals surface area contributed by atoms with E-state index in [1.54, 1.807) is 25.7 Å². The molecule has 1 aliphatic carbocycles. The molecular weight excluding hydrogens is 492 g/mol. The van der Waals surface area contributed by atoms with E-state index in [9.17, 15) is 24.6 Å². The van der Waals surface area contributed by atoms with E-state index in [2.05, 4.69) is 0 Å². The molecular formula is C28H36N2O6S. The highest BCUT2D eigenvalue weighted by molar-refractivity contribution is 7.97.